The molecule has 1 fully saturated rings. The van der Waals surface area contributed by atoms with Crippen LogP contribution in [0.5, 0.6) is 11.5 Å². The number of carbonyl (C=O) groups excluding carboxylic acids is 3. The van der Waals surface area contributed by atoms with E-state index in [2.05, 4.69) is 0 Å². The molecule has 1 unspecified atom stereocenters. The van der Waals surface area contributed by atoms with Gasteiger partial charge >= 0.3 is 0 Å². The van der Waals surface area contributed by atoms with E-state index in [0.717, 1.165) is 0 Å². The summed E-state index contributed by atoms with van der Waals surface area (Å²) in [5, 5.41) is 64.0. The number of Topliss-reactive ketones (excluding diaryl/α,β-unsaturated/α-hetero) is 1. The van der Waals surface area contributed by atoms with Gasteiger partial charge in [-0.25, -0.2) is 0 Å². The second-order valence-electron chi connectivity index (χ2n) is 9.80. The number of ether oxygens (including phenoxy) is 2. The van der Waals surface area contributed by atoms with Crippen LogP contribution in [0.15, 0.2) is 24.3 Å². The highest BCUT2D eigenvalue weighted by Crippen LogP contribution is 2.52. The van der Waals surface area contributed by atoms with E-state index in [9.17, 15) is 45.0 Å². The van der Waals surface area contributed by atoms with Crippen molar-refractivity contribution in [1.29, 1.82) is 0 Å². The van der Waals surface area contributed by atoms with Gasteiger partial charge in [-0.15, -0.1) is 0 Å². The normalized spacial score (nSPS) is 32.4. The Bertz CT molecular complexity index is 1360. The first kappa shape index (κ1) is 27.1. The van der Waals surface area contributed by atoms with Gasteiger partial charge in [-0.2, -0.15) is 0 Å². The van der Waals surface area contributed by atoms with E-state index in [-0.39, 0.29) is 22.3 Å². The number of fused-ring (bicyclic) bond motifs is 3. The lowest BCUT2D eigenvalue weighted by Gasteiger charge is -2.43. The molecule has 2 aromatic carbocycles. The molecule has 0 aromatic heterocycles. The van der Waals surface area contributed by atoms with Gasteiger partial charge in [0.2, 0.25) is 0 Å². The Labute approximate surface area is 229 Å². The van der Waals surface area contributed by atoms with Crippen molar-refractivity contribution in [2.45, 2.75) is 60.0 Å². The standard InChI is InChI=1S/C26H25IO11/c1-9-19(30)24(35)18(27)25(37-9)38-13-7-26(36,14(29)8-28)6-12-15(13)23(34)17-16(22(12)33)20(31)10-4-2-3-5-11(10)21(17)32/h2-5,9,13,18-19,24-25,28,30,33-36H,6-8H2,1H3/t9-,13-,18+,19-,24?,25-,26-/m0/s1. The summed E-state index contributed by atoms with van der Waals surface area (Å²) < 4.78 is 10.9. The van der Waals surface area contributed by atoms with E-state index >= 15 is 0 Å². The predicted molar refractivity (Wildman–Crippen MR) is 136 cm³/mol. The highest BCUT2D eigenvalue weighted by Gasteiger charge is 2.51. The zero-order valence-corrected chi connectivity index (χ0v) is 22.2. The zero-order chi connectivity index (χ0) is 27.7. The molecule has 0 radical (unpaired) electrons. The summed E-state index contributed by atoms with van der Waals surface area (Å²) in [6.07, 6.45) is -6.99. The van der Waals surface area contributed by atoms with Crippen LogP contribution in [0.1, 0.15) is 62.4 Å². The Morgan fingerprint density at radius 3 is 2.24 bits per heavy atom. The van der Waals surface area contributed by atoms with Gasteiger partial charge in [-0.05, 0) is 6.92 Å². The van der Waals surface area contributed by atoms with Crippen molar-refractivity contribution in [1.82, 2.24) is 0 Å². The lowest BCUT2D eigenvalue weighted by Crippen LogP contribution is -2.55. The third-order valence-corrected chi connectivity index (χ3v) is 8.83. The quantitative estimate of drug-likeness (QED) is 0.132. The Kier molecular flexibility index (Phi) is 6.87. The molecule has 5 rings (SSSR count). The second kappa shape index (κ2) is 9.62. The fraction of sp³-hybridized carbons (Fsp3) is 0.423. The fourth-order valence-electron chi connectivity index (χ4n) is 5.42. The monoisotopic (exact) mass is 640 g/mol. The van der Waals surface area contributed by atoms with Gasteiger partial charge in [0.15, 0.2) is 23.6 Å². The molecule has 0 amide bonds. The van der Waals surface area contributed by atoms with Crippen LogP contribution in [0.2, 0.25) is 0 Å². The molecule has 0 spiro atoms. The lowest BCUT2D eigenvalue weighted by molar-refractivity contribution is -0.259. The number of carbonyl (C=O) groups is 3. The number of aliphatic hydroxyl groups excluding tert-OH is 3. The average Bonchev–Trinajstić information content (AvgIpc) is 2.90. The molecular formula is C26H25IO11. The molecule has 3 aliphatic rings. The van der Waals surface area contributed by atoms with Crippen LogP contribution in [-0.2, 0) is 20.7 Å². The van der Waals surface area contributed by atoms with Crippen molar-refractivity contribution < 1.29 is 54.5 Å². The maximum atomic E-state index is 13.4. The number of halogens is 1. The number of phenolic OH excluding ortho intramolecular Hbond substituents is 2. The Balaban J connectivity index is 1.68. The van der Waals surface area contributed by atoms with Gasteiger partial charge in [0.25, 0.3) is 0 Å². The van der Waals surface area contributed by atoms with Crippen molar-refractivity contribution in [3.05, 3.63) is 57.6 Å². The minimum atomic E-state index is -2.26. The molecule has 1 aliphatic heterocycles. The Hall–Kier alpha value is -2.46. The van der Waals surface area contributed by atoms with Crippen LogP contribution in [0.25, 0.3) is 0 Å². The first-order valence-electron chi connectivity index (χ1n) is 11.9. The summed E-state index contributed by atoms with van der Waals surface area (Å²) in [5.74, 6) is -3.76. The molecule has 0 bridgehead atoms. The van der Waals surface area contributed by atoms with Gasteiger partial charge in [0.05, 0.1) is 33.4 Å². The van der Waals surface area contributed by atoms with Gasteiger partial charge in [-0.1, -0.05) is 46.9 Å². The van der Waals surface area contributed by atoms with Gasteiger partial charge < -0.3 is 40.1 Å². The summed E-state index contributed by atoms with van der Waals surface area (Å²) in [7, 11) is 0. The molecule has 2 aliphatic carbocycles. The summed E-state index contributed by atoms with van der Waals surface area (Å²) in [6, 6.07) is 5.93. The first-order chi connectivity index (χ1) is 17.9. The summed E-state index contributed by atoms with van der Waals surface area (Å²) in [4.78, 5) is 39.3. The lowest BCUT2D eigenvalue weighted by atomic mass is 9.72. The number of hydrogen-bond donors (Lipinski definition) is 6. The second-order valence-corrected chi connectivity index (χ2v) is 11.2. The number of phenols is 2. The highest BCUT2D eigenvalue weighted by atomic mass is 127. The molecule has 7 atom stereocenters. The van der Waals surface area contributed by atoms with Gasteiger partial charge in [0, 0.05) is 35.1 Å². The molecule has 2 aromatic rings. The van der Waals surface area contributed by atoms with Crippen LogP contribution < -0.4 is 0 Å². The van der Waals surface area contributed by atoms with E-state index in [1.807, 2.05) is 22.6 Å². The van der Waals surface area contributed by atoms with Crippen LogP contribution in [0, 0.1) is 0 Å². The third-order valence-electron chi connectivity index (χ3n) is 7.50. The Morgan fingerprint density at radius 2 is 1.66 bits per heavy atom. The number of hydrogen-bond acceptors (Lipinski definition) is 11. The minimum absolute atomic E-state index is 0.0230. The first-order valence-corrected chi connectivity index (χ1v) is 13.1. The number of alkyl halides is 1. The number of aliphatic hydroxyl groups is 4. The minimum Gasteiger partial charge on any atom is -0.507 e. The predicted octanol–water partition coefficient (Wildman–Crippen LogP) is 0.440. The summed E-state index contributed by atoms with van der Waals surface area (Å²) >= 11 is 1.81. The van der Waals surface area contributed by atoms with E-state index in [4.69, 9.17) is 9.47 Å². The smallest absolute Gasteiger partial charge is 0.198 e. The zero-order valence-electron chi connectivity index (χ0n) is 20.0. The molecule has 6 N–H and O–H groups in total. The number of rotatable bonds is 4. The van der Waals surface area contributed by atoms with Crippen molar-refractivity contribution >= 4 is 39.9 Å². The maximum Gasteiger partial charge on any atom is 0.198 e. The van der Waals surface area contributed by atoms with Crippen LogP contribution >= 0.6 is 22.6 Å². The van der Waals surface area contributed by atoms with Gasteiger partial charge in [-0.3, -0.25) is 14.4 Å². The van der Waals surface area contributed by atoms with Crippen LogP contribution in [-0.4, -0.2) is 88.7 Å². The molecule has 1 saturated heterocycles. The molecule has 38 heavy (non-hydrogen) atoms. The van der Waals surface area contributed by atoms with E-state index < -0.39 is 99.7 Å². The largest absolute Gasteiger partial charge is 0.507 e. The molecule has 202 valence electrons. The molecule has 0 saturated carbocycles. The third kappa shape index (κ3) is 3.97. The van der Waals surface area contributed by atoms with Crippen LogP contribution in [0.4, 0.5) is 0 Å². The van der Waals surface area contributed by atoms with Crippen molar-refractivity contribution in [2.75, 3.05) is 6.61 Å². The highest BCUT2D eigenvalue weighted by molar-refractivity contribution is 14.1. The number of ketones is 3. The maximum absolute atomic E-state index is 13.4. The average molecular weight is 640 g/mol. The van der Waals surface area contributed by atoms with Crippen molar-refractivity contribution in [3.8, 4) is 11.5 Å². The van der Waals surface area contributed by atoms with E-state index in [1.54, 1.807) is 12.1 Å². The SMILES string of the molecule is C[C@@H]1O[C@@H](O[C@H]2C[C@](O)(C(=O)CO)Cc3c(O)c4c(c(O)c32)C(=O)c2ccccc2C4=O)[C@H](I)C(O)[C@H]1O. The van der Waals surface area contributed by atoms with Crippen LogP contribution in [0.3, 0.4) is 0 Å². The summed E-state index contributed by atoms with van der Waals surface area (Å²) in [6.45, 7) is 0.479. The van der Waals surface area contributed by atoms with Gasteiger partial charge in [0.1, 0.15) is 29.8 Å². The molecule has 12 heteroatoms. The summed E-state index contributed by atoms with van der Waals surface area (Å²) in [5.41, 5.74) is -3.42. The van der Waals surface area contributed by atoms with Crippen molar-refractivity contribution in [2.24, 2.45) is 0 Å². The number of benzene rings is 2. The topological polar surface area (TPSA) is 191 Å². The fourth-order valence-corrected chi connectivity index (χ4v) is 6.19. The van der Waals surface area contributed by atoms with E-state index in [0.29, 0.717) is 0 Å². The molecule has 1 heterocycles. The number of aromatic hydroxyl groups is 2. The Morgan fingerprint density at radius 1 is 1.08 bits per heavy atom. The molecule has 11 nitrogen and oxygen atoms in total. The van der Waals surface area contributed by atoms with Crippen molar-refractivity contribution in [3.63, 3.8) is 0 Å². The van der Waals surface area contributed by atoms with E-state index in [1.165, 1.54) is 19.1 Å². The molecular weight excluding hydrogens is 615 g/mol.